The molecule has 39 heavy (non-hydrogen) atoms. The number of nitrogens with one attached hydrogen (secondary N) is 2. The second-order valence-corrected chi connectivity index (χ2v) is 10.8. The number of imidazole rings is 1. The van der Waals surface area contributed by atoms with E-state index in [-0.39, 0.29) is 33.9 Å². The molecule has 208 valence electrons. The van der Waals surface area contributed by atoms with E-state index in [9.17, 15) is 24.3 Å². The zero-order valence-electron chi connectivity index (χ0n) is 21.7. The Hall–Kier alpha value is -3.50. The number of halogens is 2. The van der Waals surface area contributed by atoms with Crippen molar-refractivity contribution in [1.29, 1.82) is 0 Å². The number of carboxylic acid groups (broad SMARTS) is 1. The van der Waals surface area contributed by atoms with Crippen molar-refractivity contribution in [2.75, 3.05) is 19.6 Å². The number of amides is 3. The van der Waals surface area contributed by atoms with Gasteiger partial charge in [-0.1, -0.05) is 55.2 Å². The average molecular weight is 576 g/mol. The third-order valence-electron chi connectivity index (χ3n) is 6.78. The monoisotopic (exact) mass is 575 g/mol. The van der Waals surface area contributed by atoms with Crippen LogP contribution in [0, 0.1) is 5.92 Å². The summed E-state index contributed by atoms with van der Waals surface area (Å²) in [5, 5.41) is 14.7. The van der Waals surface area contributed by atoms with Crippen molar-refractivity contribution in [3.05, 3.63) is 68.6 Å². The first-order chi connectivity index (χ1) is 18.6. The SMILES string of the molecule is CC(C)Cn1c(=O)n(C2CCN(C(=O)NCC(NC(=O)c3c(Cl)cccc3Cl)C(=O)O)CC2)c2ccccc21. The maximum atomic E-state index is 13.3. The summed E-state index contributed by atoms with van der Waals surface area (Å²) < 4.78 is 3.65. The van der Waals surface area contributed by atoms with Crippen molar-refractivity contribution in [3.8, 4) is 0 Å². The van der Waals surface area contributed by atoms with Gasteiger partial charge >= 0.3 is 17.7 Å². The first-order valence-electron chi connectivity index (χ1n) is 12.8. The van der Waals surface area contributed by atoms with Crippen LogP contribution in [-0.4, -0.2) is 62.7 Å². The number of carbonyl (C=O) groups is 3. The van der Waals surface area contributed by atoms with Crippen molar-refractivity contribution in [3.63, 3.8) is 0 Å². The van der Waals surface area contributed by atoms with E-state index >= 15 is 0 Å². The molecule has 3 N–H and O–H groups in total. The molecule has 1 saturated heterocycles. The highest BCUT2D eigenvalue weighted by Crippen LogP contribution is 2.27. The summed E-state index contributed by atoms with van der Waals surface area (Å²) in [5.74, 6) is -1.76. The minimum atomic E-state index is -1.39. The smallest absolute Gasteiger partial charge is 0.329 e. The average Bonchev–Trinajstić information content (AvgIpc) is 3.16. The standard InChI is InChI=1S/C27H31Cl2N5O5/c1-16(2)15-33-21-8-3-4-9-22(21)34(27(33)39)17-10-12-32(13-11-17)26(38)30-14-20(25(36)37)31-24(35)23-18(28)6-5-7-19(23)29/h3-9,16-17,20H,10-15H2,1-2H3,(H,30,38)(H,31,35)(H,36,37). The van der Waals surface area contributed by atoms with Crippen molar-refractivity contribution < 1.29 is 19.5 Å². The molecule has 2 heterocycles. The van der Waals surface area contributed by atoms with E-state index in [1.165, 1.54) is 12.1 Å². The Morgan fingerprint density at radius 2 is 1.62 bits per heavy atom. The number of benzene rings is 2. The molecule has 1 atom stereocenters. The maximum Gasteiger partial charge on any atom is 0.329 e. The predicted molar refractivity (Wildman–Crippen MR) is 150 cm³/mol. The normalized spacial score (nSPS) is 14.9. The Kier molecular flexibility index (Phi) is 8.87. The van der Waals surface area contributed by atoms with Crippen molar-refractivity contribution in [2.45, 2.75) is 45.3 Å². The van der Waals surface area contributed by atoms with Gasteiger partial charge in [-0.2, -0.15) is 0 Å². The number of aromatic nitrogens is 2. The molecule has 0 radical (unpaired) electrons. The molecule has 2 aromatic carbocycles. The summed E-state index contributed by atoms with van der Waals surface area (Å²) >= 11 is 12.1. The van der Waals surface area contributed by atoms with Gasteiger partial charge < -0.3 is 20.6 Å². The van der Waals surface area contributed by atoms with Gasteiger partial charge in [0.1, 0.15) is 6.04 Å². The molecule has 1 aliphatic heterocycles. The van der Waals surface area contributed by atoms with Gasteiger partial charge in [0.15, 0.2) is 0 Å². The van der Waals surface area contributed by atoms with Crippen LogP contribution in [0.1, 0.15) is 43.1 Å². The molecule has 0 aliphatic carbocycles. The van der Waals surface area contributed by atoms with E-state index < -0.39 is 23.9 Å². The van der Waals surface area contributed by atoms with Crippen LogP contribution < -0.4 is 16.3 Å². The predicted octanol–water partition coefficient (Wildman–Crippen LogP) is 4.00. The number of piperidine rings is 1. The second-order valence-electron chi connectivity index (χ2n) is 10.0. The highest BCUT2D eigenvalue weighted by atomic mass is 35.5. The van der Waals surface area contributed by atoms with Crippen molar-refractivity contribution >= 4 is 52.1 Å². The summed E-state index contributed by atoms with van der Waals surface area (Å²) in [7, 11) is 0. The third-order valence-corrected chi connectivity index (χ3v) is 7.41. The third kappa shape index (κ3) is 6.23. The summed E-state index contributed by atoms with van der Waals surface area (Å²) in [5.41, 5.74) is 1.69. The van der Waals surface area contributed by atoms with Crippen molar-refractivity contribution in [2.24, 2.45) is 5.92 Å². The number of rotatable bonds is 8. The van der Waals surface area contributed by atoms with Gasteiger partial charge in [0.05, 0.1) is 33.2 Å². The number of hydrogen-bond acceptors (Lipinski definition) is 4. The van der Waals surface area contributed by atoms with Crippen molar-refractivity contribution in [1.82, 2.24) is 24.7 Å². The van der Waals surface area contributed by atoms with Crippen LogP contribution >= 0.6 is 23.2 Å². The zero-order valence-corrected chi connectivity index (χ0v) is 23.2. The molecule has 0 bridgehead atoms. The lowest BCUT2D eigenvalue weighted by Gasteiger charge is -2.32. The summed E-state index contributed by atoms with van der Waals surface area (Å²) in [6.07, 6.45) is 1.15. The Bertz CT molecular complexity index is 1420. The molecule has 10 nitrogen and oxygen atoms in total. The van der Waals surface area contributed by atoms with Crippen LogP contribution in [0.2, 0.25) is 10.0 Å². The summed E-state index contributed by atoms with van der Waals surface area (Å²) in [6.45, 7) is 5.23. The minimum Gasteiger partial charge on any atom is -0.480 e. The van der Waals surface area contributed by atoms with Gasteiger partial charge in [-0.15, -0.1) is 0 Å². The quantitative estimate of drug-likeness (QED) is 0.374. The lowest BCUT2D eigenvalue weighted by atomic mass is 10.0. The molecule has 12 heteroatoms. The number of urea groups is 1. The largest absolute Gasteiger partial charge is 0.480 e. The minimum absolute atomic E-state index is 0.0366. The van der Waals surface area contributed by atoms with Gasteiger partial charge in [-0.3, -0.25) is 13.9 Å². The molecule has 0 spiro atoms. The number of fused-ring (bicyclic) bond motifs is 1. The Balaban J connectivity index is 1.38. The molecular formula is C27H31Cl2N5O5. The van der Waals surface area contributed by atoms with Crippen LogP contribution in [0.3, 0.4) is 0 Å². The van der Waals surface area contributed by atoms with E-state index in [2.05, 4.69) is 24.5 Å². The topological polar surface area (TPSA) is 126 Å². The van der Waals surface area contributed by atoms with Crippen LogP contribution in [0.5, 0.6) is 0 Å². The van der Waals surface area contributed by atoms with E-state index in [1.54, 1.807) is 11.0 Å². The first-order valence-corrected chi connectivity index (χ1v) is 13.5. The van der Waals surface area contributed by atoms with Gasteiger partial charge in [0.25, 0.3) is 5.91 Å². The number of nitrogens with zero attached hydrogens (tertiary/aromatic N) is 3. The molecule has 3 amide bonds. The Morgan fingerprint density at radius 1 is 1.00 bits per heavy atom. The van der Waals surface area contributed by atoms with Gasteiger partial charge in [0.2, 0.25) is 0 Å². The number of likely N-dealkylation sites (tertiary alicyclic amines) is 1. The molecule has 0 saturated carbocycles. The van der Waals surface area contributed by atoms with Gasteiger partial charge in [-0.25, -0.2) is 14.4 Å². The van der Waals surface area contributed by atoms with Gasteiger partial charge in [-0.05, 0) is 43.0 Å². The fraction of sp³-hybridized carbons (Fsp3) is 0.407. The van der Waals surface area contributed by atoms with E-state index in [4.69, 9.17) is 23.2 Å². The zero-order chi connectivity index (χ0) is 28.3. The number of carboxylic acids is 1. The van der Waals surface area contributed by atoms with E-state index in [0.29, 0.717) is 38.4 Å². The highest BCUT2D eigenvalue weighted by molar-refractivity contribution is 6.39. The van der Waals surface area contributed by atoms with Gasteiger partial charge in [0, 0.05) is 25.7 Å². The van der Waals surface area contributed by atoms with E-state index in [1.807, 2.05) is 33.4 Å². The fourth-order valence-electron chi connectivity index (χ4n) is 4.90. The number of carbonyl (C=O) groups excluding carboxylic acids is 2. The fourth-order valence-corrected chi connectivity index (χ4v) is 5.47. The number of para-hydroxylation sites is 2. The molecule has 4 rings (SSSR count). The van der Waals surface area contributed by atoms with Crippen LogP contribution in [0.15, 0.2) is 47.3 Å². The number of aliphatic carboxylic acids is 1. The van der Waals surface area contributed by atoms with Crippen LogP contribution in [0.25, 0.3) is 11.0 Å². The van der Waals surface area contributed by atoms with Crippen LogP contribution in [-0.2, 0) is 11.3 Å². The van der Waals surface area contributed by atoms with E-state index in [0.717, 1.165) is 11.0 Å². The lowest BCUT2D eigenvalue weighted by molar-refractivity contribution is -0.139. The molecule has 1 fully saturated rings. The molecule has 1 aromatic heterocycles. The second kappa shape index (κ2) is 12.1. The number of hydrogen-bond donors (Lipinski definition) is 3. The Morgan fingerprint density at radius 3 is 2.21 bits per heavy atom. The summed E-state index contributed by atoms with van der Waals surface area (Å²) in [4.78, 5) is 52.1. The highest BCUT2D eigenvalue weighted by Gasteiger charge is 2.29. The lowest BCUT2D eigenvalue weighted by Crippen LogP contribution is -2.52. The molecule has 1 unspecified atom stereocenters. The van der Waals surface area contributed by atoms with Crippen LogP contribution in [0.4, 0.5) is 4.79 Å². The maximum absolute atomic E-state index is 13.3. The molecule has 3 aromatic rings. The Labute approximate surface area is 235 Å². The first kappa shape index (κ1) is 28.5. The summed E-state index contributed by atoms with van der Waals surface area (Å²) in [6, 6.07) is 10.4. The molecular weight excluding hydrogens is 545 g/mol. The molecule has 1 aliphatic rings.